The van der Waals surface area contributed by atoms with Crippen LogP contribution < -0.4 is 5.56 Å². The Morgan fingerprint density at radius 2 is 2.15 bits per heavy atom. The summed E-state index contributed by atoms with van der Waals surface area (Å²) in [5, 5.41) is 2.35. The predicted molar refractivity (Wildman–Crippen MR) is 104 cm³/mol. The Balaban J connectivity index is 1.61. The van der Waals surface area contributed by atoms with Crippen LogP contribution in [0.4, 0.5) is 4.39 Å². The molecule has 0 bridgehead atoms. The van der Waals surface area contributed by atoms with Crippen molar-refractivity contribution in [1.82, 2.24) is 9.97 Å². The van der Waals surface area contributed by atoms with Crippen LogP contribution in [0.25, 0.3) is 21.5 Å². The van der Waals surface area contributed by atoms with Gasteiger partial charge in [-0.2, -0.15) is 0 Å². The van der Waals surface area contributed by atoms with E-state index in [1.807, 2.05) is 24.4 Å². The molecule has 1 atom stereocenters. The van der Waals surface area contributed by atoms with Crippen molar-refractivity contribution in [1.29, 1.82) is 0 Å². The number of nitrogens with one attached hydrogen (secondary N) is 1. The average Bonchev–Trinajstić information content (AvgIpc) is 3.30. The van der Waals surface area contributed by atoms with Crippen LogP contribution in [0.5, 0.6) is 0 Å². The fraction of sp³-hybridized carbons (Fsp3) is 0.158. The lowest BCUT2D eigenvalue weighted by atomic mass is 10.2. The minimum absolute atomic E-state index is 0.0686. The average molecular weight is 386 g/mol. The number of thioether (sulfide) groups is 1. The molecule has 0 aliphatic heterocycles. The van der Waals surface area contributed by atoms with Crippen LogP contribution >= 0.6 is 23.1 Å². The molecule has 4 rings (SSSR count). The first kappa shape index (κ1) is 17.1. The maximum absolute atomic E-state index is 13.8. The van der Waals surface area contributed by atoms with Gasteiger partial charge < -0.3 is 9.40 Å². The third kappa shape index (κ3) is 3.20. The van der Waals surface area contributed by atoms with Crippen LogP contribution in [0.15, 0.2) is 57.3 Å². The van der Waals surface area contributed by atoms with E-state index >= 15 is 0 Å². The van der Waals surface area contributed by atoms with E-state index in [1.54, 1.807) is 24.5 Å². The first-order chi connectivity index (χ1) is 12.6. The third-order valence-corrected chi connectivity index (χ3v) is 6.15. The topological polar surface area (TPSA) is 58.9 Å². The van der Waals surface area contributed by atoms with Crippen LogP contribution in [0.1, 0.15) is 23.6 Å². The van der Waals surface area contributed by atoms with Gasteiger partial charge in [0, 0.05) is 16.7 Å². The van der Waals surface area contributed by atoms with Crippen molar-refractivity contribution in [3.8, 4) is 11.3 Å². The molecule has 1 aromatic carbocycles. The van der Waals surface area contributed by atoms with Gasteiger partial charge in [0.1, 0.15) is 22.2 Å². The second-order valence-corrected chi connectivity index (χ2v) is 7.99. The Kier molecular flexibility index (Phi) is 4.65. The molecule has 0 spiro atoms. The van der Waals surface area contributed by atoms with Crippen LogP contribution in [0, 0.1) is 5.82 Å². The molecular weight excluding hydrogens is 371 g/mol. The van der Waals surface area contributed by atoms with Crippen LogP contribution in [-0.2, 0) is 5.75 Å². The third-order valence-electron chi connectivity index (χ3n) is 4.08. The predicted octanol–water partition coefficient (Wildman–Crippen LogP) is 5.38. The molecule has 7 heteroatoms. The number of H-pyrrole nitrogens is 1. The summed E-state index contributed by atoms with van der Waals surface area (Å²) in [6.07, 6.45) is 1.58. The van der Waals surface area contributed by atoms with Gasteiger partial charge >= 0.3 is 0 Å². The molecule has 0 radical (unpaired) electrons. The molecular formula is C19H15FN2O2S2. The van der Waals surface area contributed by atoms with Crippen molar-refractivity contribution >= 4 is 33.3 Å². The lowest BCUT2D eigenvalue weighted by molar-refractivity contribution is 0.583. The molecule has 3 aromatic heterocycles. The molecule has 0 saturated carbocycles. The summed E-state index contributed by atoms with van der Waals surface area (Å²) >= 11 is 2.95. The normalized spacial score (nSPS) is 12.5. The van der Waals surface area contributed by atoms with E-state index < -0.39 is 0 Å². The first-order valence-electron chi connectivity index (χ1n) is 8.04. The highest BCUT2D eigenvalue weighted by atomic mass is 32.2. The zero-order chi connectivity index (χ0) is 18.1. The molecule has 0 aliphatic carbocycles. The molecule has 4 aromatic rings. The lowest BCUT2D eigenvalue weighted by Crippen LogP contribution is -2.12. The van der Waals surface area contributed by atoms with Gasteiger partial charge in [-0.15, -0.1) is 23.1 Å². The molecule has 132 valence electrons. The molecule has 0 saturated heterocycles. The summed E-state index contributed by atoms with van der Waals surface area (Å²) in [6.45, 7) is 1.96. The van der Waals surface area contributed by atoms with Gasteiger partial charge in [-0.25, -0.2) is 9.37 Å². The summed E-state index contributed by atoms with van der Waals surface area (Å²) in [4.78, 5) is 20.8. The Labute approximate surface area is 157 Å². The standard InChI is InChI=1S/C19H15FN2O2S2/c1-11(25-9-12-5-2-3-6-14(12)20)17-21-18(23)16-13(10-26-19(16)22-17)15-7-4-8-24-15/h2-8,10-11H,9H2,1H3,(H,21,22,23). The Morgan fingerprint density at radius 3 is 2.92 bits per heavy atom. The van der Waals surface area contributed by atoms with Gasteiger partial charge in [0.2, 0.25) is 0 Å². The Hall–Kier alpha value is -2.38. The highest BCUT2D eigenvalue weighted by Crippen LogP contribution is 2.34. The zero-order valence-electron chi connectivity index (χ0n) is 13.9. The van der Waals surface area contributed by atoms with Gasteiger partial charge in [0.05, 0.1) is 16.9 Å². The SMILES string of the molecule is CC(SCc1ccccc1F)c1nc2scc(-c3ccco3)c2c(=O)[nH]1. The van der Waals surface area contributed by atoms with Crippen molar-refractivity contribution in [3.05, 3.63) is 75.6 Å². The second kappa shape index (κ2) is 7.09. The van der Waals surface area contributed by atoms with E-state index in [1.165, 1.54) is 29.2 Å². The molecule has 0 fully saturated rings. The van der Waals surface area contributed by atoms with Crippen molar-refractivity contribution in [3.63, 3.8) is 0 Å². The zero-order valence-corrected chi connectivity index (χ0v) is 15.5. The molecule has 1 unspecified atom stereocenters. The largest absolute Gasteiger partial charge is 0.464 e. The van der Waals surface area contributed by atoms with E-state index in [0.717, 1.165) is 5.56 Å². The minimum Gasteiger partial charge on any atom is -0.464 e. The summed E-state index contributed by atoms with van der Waals surface area (Å²) in [6, 6.07) is 10.3. The number of rotatable bonds is 5. The highest BCUT2D eigenvalue weighted by molar-refractivity contribution is 7.98. The molecule has 0 aliphatic rings. The number of hydrogen-bond acceptors (Lipinski definition) is 5. The van der Waals surface area contributed by atoms with Gasteiger partial charge in [-0.05, 0) is 30.7 Å². The number of thiophene rings is 1. The number of hydrogen-bond donors (Lipinski definition) is 1. The number of benzene rings is 1. The van der Waals surface area contributed by atoms with E-state index in [2.05, 4.69) is 9.97 Å². The molecule has 0 amide bonds. The Bertz CT molecular complexity index is 1100. The van der Waals surface area contributed by atoms with Crippen molar-refractivity contribution in [2.75, 3.05) is 0 Å². The Morgan fingerprint density at radius 1 is 1.31 bits per heavy atom. The number of aromatic amines is 1. The molecule has 4 nitrogen and oxygen atoms in total. The lowest BCUT2D eigenvalue weighted by Gasteiger charge is -2.11. The van der Waals surface area contributed by atoms with Crippen molar-refractivity contribution in [2.45, 2.75) is 17.9 Å². The van der Waals surface area contributed by atoms with E-state index in [-0.39, 0.29) is 16.6 Å². The van der Waals surface area contributed by atoms with Crippen LogP contribution in [0.2, 0.25) is 0 Å². The summed E-state index contributed by atoms with van der Waals surface area (Å²) < 4.78 is 19.2. The number of aromatic nitrogens is 2. The van der Waals surface area contributed by atoms with Gasteiger partial charge in [-0.3, -0.25) is 4.79 Å². The molecule has 1 N–H and O–H groups in total. The number of nitrogens with zero attached hydrogens (tertiary/aromatic N) is 1. The highest BCUT2D eigenvalue weighted by Gasteiger charge is 2.17. The fourth-order valence-electron chi connectivity index (χ4n) is 2.68. The maximum Gasteiger partial charge on any atom is 0.260 e. The van der Waals surface area contributed by atoms with Gasteiger partial charge in [0.25, 0.3) is 5.56 Å². The number of fused-ring (bicyclic) bond motifs is 1. The molecule has 26 heavy (non-hydrogen) atoms. The van der Waals surface area contributed by atoms with E-state index in [0.29, 0.717) is 33.1 Å². The van der Waals surface area contributed by atoms with Crippen molar-refractivity contribution in [2.24, 2.45) is 0 Å². The van der Waals surface area contributed by atoms with Crippen LogP contribution in [-0.4, -0.2) is 9.97 Å². The van der Waals surface area contributed by atoms with E-state index in [4.69, 9.17) is 4.42 Å². The quantitative estimate of drug-likeness (QED) is 0.500. The smallest absolute Gasteiger partial charge is 0.260 e. The number of furan rings is 1. The molecule has 3 heterocycles. The van der Waals surface area contributed by atoms with Gasteiger partial charge in [-0.1, -0.05) is 18.2 Å². The summed E-state index contributed by atoms with van der Waals surface area (Å²) in [5.41, 5.74) is 1.21. The van der Waals surface area contributed by atoms with E-state index in [9.17, 15) is 9.18 Å². The first-order valence-corrected chi connectivity index (χ1v) is 9.96. The van der Waals surface area contributed by atoms with Crippen LogP contribution in [0.3, 0.4) is 0 Å². The van der Waals surface area contributed by atoms with Gasteiger partial charge in [0.15, 0.2) is 0 Å². The van der Waals surface area contributed by atoms with Crippen molar-refractivity contribution < 1.29 is 8.81 Å². The fourth-order valence-corrected chi connectivity index (χ4v) is 4.55. The monoisotopic (exact) mass is 386 g/mol. The minimum atomic E-state index is -0.217. The second-order valence-electron chi connectivity index (χ2n) is 5.80. The summed E-state index contributed by atoms with van der Waals surface area (Å²) in [7, 11) is 0. The summed E-state index contributed by atoms with van der Waals surface area (Å²) in [5.74, 6) is 1.54. The maximum atomic E-state index is 13.8. The number of halogens is 1.